The van der Waals surface area contributed by atoms with E-state index in [1.165, 1.54) is 18.7 Å². The van der Waals surface area contributed by atoms with E-state index < -0.39 is 0 Å². The summed E-state index contributed by atoms with van der Waals surface area (Å²) in [6, 6.07) is 8.23. The summed E-state index contributed by atoms with van der Waals surface area (Å²) in [5.74, 6) is 0.761. The van der Waals surface area contributed by atoms with E-state index in [9.17, 15) is 5.11 Å². The van der Waals surface area contributed by atoms with Gasteiger partial charge in [0.05, 0.1) is 6.10 Å². The lowest BCUT2D eigenvalue weighted by Crippen LogP contribution is -2.33. The fourth-order valence-electron chi connectivity index (χ4n) is 4.12. The van der Waals surface area contributed by atoms with Gasteiger partial charge in [-0.2, -0.15) is 0 Å². The number of hydrogen-bond acceptors (Lipinski definition) is 3. The molecule has 2 heterocycles. The van der Waals surface area contributed by atoms with Crippen molar-refractivity contribution in [3.05, 3.63) is 35.4 Å². The van der Waals surface area contributed by atoms with Crippen molar-refractivity contribution >= 4 is 0 Å². The number of likely N-dealkylation sites (tertiary alicyclic amines) is 2. The highest BCUT2D eigenvalue weighted by molar-refractivity contribution is 5.24. The highest BCUT2D eigenvalue weighted by Crippen LogP contribution is 2.41. The molecule has 0 radical (unpaired) electrons. The van der Waals surface area contributed by atoms with Crippen LogP contribution in [0.3, 0.4) is 0 Å². The number of β-amino-alcohol motifs (C(OH)–C–C–N with tert-alkyl or cyclic N) is 1. The molecule has 0 aliphatic carbocycles. The van der Waals surface area contributed by atoms with Crippen LogP contribution in [0.15, 0.2) is 24.3 Å². The maximum Gasteiger partial charge on any atom is 0.0917 e. The Morgan fingerprint density at radius 3 is 2.85 bits per heavy atom. The number of rotatable bonds is 3. The minimum atomic E-state index is -0.366. The zero-order valence-corrected chi connectivity index (χ0v) is 12.8. The lowest BCUT2D eigenvalue weighted by molar-refractivity contribution is 0.115. The zero-order chi connectivity index (χ0) is 14.3. The molecule has 0 spiro atoms. The lowest BCUT2D eigenvalue weighted by atomic mass is 9.83. The van der Waals surface area contributed by atoms with E-state index in [4.69, 9.17) is 0 Å². The van der Waals surface area contributed by atoms with Crippen LogP contribution in [0.4, 0.5) is 0 Å². The normalized spacial score (nSPS) is 32.5. The Kier molecular flexibility index (Phi) is 3.61. The molecule has 1 aromatic rings. The predicted octanol–water partition coefficient (Wildman–Crippen LogP) is 1.91. The van der Waals surface area contributed by atoms with Crippen LogP contribution in [0.25, 0.3) is 0 Å². The van der Waals surface area contributed by atoms with Gasteiger partial charge in [0.2, 0.25) is 0 Å². The van der Waals surface area contributed by atoms with Crippen molar-refractivity contribution < 1.29 is 5.11 Å². The molecule has 2 aliphatic heterocycles. The molecule has 3 heteroatoms. The third-order valence-corrected chi connectivity index (χ3v) is 5.07. The Bertz CT molecular complexity index is 490. The minimum Gasteiger partial charge on any atom is -0.387 e. The van der Waals surface area contributed by atoms with Crippen molar-refractivity contribution in [2.75, 3.05) is 39.8 Å². The first-order valence-electron chi connectivity index (χ1n) is 7.62. The molecule has 3 rings (SSSR count). The van der Waals surface area contributed by atoms with Gasteiger partial charge in [-0.15, -0.1) is 0 Å². The van der Waals surface area contributed by atoms with Gasteiger partial charge < -0.3 is 10.0 Å². The van der Waals surface area contributed by atoms with E-state index >= 15 is 0 Å². The first-order chi connectivity index (χ1) is 9.46. The predicted molar refractivity (Wildman–Crippen MR) is 81.7 cm³/mol. The second kappa shape index (κ2) is 5.14. The zero-order valence-electron chi connectivity index (χ0n) is 12.8. The summed E-state index contributed by atoms with van der Waals surface area (Å²) in [6.45, 7) is 9.88. The van der Waals surface area contributed by atoms with Crippen molar-refractivity contribution in [3.63, 3.8) is 0 Å². The minimum absolute atomic E-state index is 0.366. The molecular formula is C17H26N2O. The van der Waals surface area contributed by atoms with E-state index in [1.807, 2.05) is 12.1 Å². The van der Waals surface area contributed by atoms with Crippen LogP contribution < -0.4 is 0 Å². The average Bonchev–Trinajstić information content (AvgIpc) is 2.78. The number of fused-ring (bicyclic) bond motifs is 1. The van der Waals surface area contributed by atoms with Crippen LogP contribution in [0, 0.1) is 18.3 Å². The van der Waals surface area contributed by atoms with Crippen LogP contribution in [-0.4, -0.2) is 54.7 Å². The van der Waals surface area contributed by atoms with Crippen LogP contribution in [0.2, 0.25) is 0 Å². The summed E-state index contributed by atoms with van der Waals surface area (Å²) >= 11 is 0. The van der Waals surface area contributed by atoms with Crippen LogP contribution in [-0.2, 0) is 0 Å². The fourth-order valence-corrected chi connectivity index (χ4v) is 4.12. The third kappa shape index (κ3) is 2.62. The third-order valence-electron chi connectivity index (χ3n) is 5.07. The molecule has 2 aliphatic rings. The van der Waals surface area contributed by atoms with Gasteiger partial charge in [-0.3, -0.25) is 4.90 Å². The van der Waals surface area contributed by atoms with Crippen LogP contribution in [0.5, 0.6) is 0 Å². The Labute approximate surface area is 122 Å². The SMILES string of the molecule is Cc1cccc(C(O)CN2C[C@H]3CN(C)C[C@@]3(C)C2)c1. The second-order valence-corrected chi connectivity index (χ2v) is 7.17. The second-order valence-electron chi connectivity index (χ2n) is 7.17. The van der Waals surface area contributed by atoms with Crippen molar-refractivity contribution in [3.8, 4) is 0 Å². The van der Waals surface area contributed by atoms with E-state index in [-0.39, 0.29) is 6.10 Å². The lowest BCUT2D eigenvalue weighted by Gasteiger charge is -2.25. The average molecular weight is 274 g/mol. The standard InChI is InChI=1S/C17H26N2O/c1-13-5-4-6-14(7-13)16(20)10-19-9-15-8-18(3)11-17(15,2)12-19/h4-7,15-16,20H,8-12H2,1-3H3/t15-,16?,17+/m1/s1. The van der Waals surface area contributed by atoms with Gasteiger partial charge in [-0.25, -0.2) is 0 Å². The number of hydrogen-bond donors (Lipinski definition) is 1. The summed E-state index contributed by atoms with van der Waals surface area (Å²) in [7, 11) is 2.22. The van der Waals surface area contributed by atoms with E-state index in [0.29, 0.717) is 5.41 Å². The molecule has 3 atom stereocenters. The Morgan fingerprint density at radius 2 is 2.15 bits per heavy atom. The van der Waals surface area contributed by atoms with E-state index in [2.05, 4.69) is 42.8 Å². The number of aliphatic hydroxyl groups is 1. The number of aliphatic hydroxyl groups excluding tert-OH is 1. The molecule has 110 valence electrons. The molecule has 3 nitrogen and oxygen atoms in total. The fraction of sp³-hybridized carbons (Fsp3) is 0.647. The van der Waals surface area contributed by atoms with E-state index in [0.717, 1.165) is 31.1 Å². The molecule has 2 fully saturated rings. The number of nitrogens with zero attached hydrogens (tertiary/aromatic N) is 2. The summed E-state index contributed by atoms with van der Waals surface area (Å²) < 4.78 is 0. The quantitative estimate of drug-likeness (QED) is 0.912. The van der Waals surface area contributed by atoms with Crippen LogP contribution in [0.1, 0.15) is 24.2 Å². The van der Waals surface area contributed by atoms with Gasteiger partial charge in [-0.05, 0) is 30.9 Å². The van der Waals surface area contributed by atoms with Gasteiger partial charge in [0.25, 0.3) is 0 Å². The molecule has 0 aromatic heterocycles. The molecule has 0 amide bonds. The molecular weight excluding hydrogens is 248 g/mol. The highest BCUT2D eigenvalue weighted by atomic mass is 16.3. The molecule has 0 saturated carbocycles. The smallest absolute Gasteiger partial charge is 0.0917 e. The summed E-state index contributed by atoms with van der Waals surface area (Å²) in [5, 5.41) is 10.5. The van der Waals surface area contributed by atoms with Crippen molar-refractivity contribution in [2.24, 2.45) is 11.3 Å². The maximum absolute atomic E-state index is 10.5. The Hall–Kier alpha value is -0.900. The molecule has 1 N–H and O–H groups in total. The number of aryl methyl sites for hydroxylation is 1. The van der Waals surface area contributed by atoms with Gasteiger partial charge >= 0.3 is 0 Å². The summed E-state index contributed by atoms with van der Waals surface area (Å²) in [5.41, 5.74) is 2.68. The summed E-state index contributed by atoms with van der Waals surface area (Å²) in [6.07, 6.45) is -0.366. The van der Waals surface area contributed by atoms with Gasteiger partial charge in [0.15, 0.2) is 0 Å². The van der Waals surface area contributed by atoms with E-state index in [1.54, 1.807) is 0 Å². The molecule has 2 saturated heterocycles. The largest absolute Gasteiger partial charge is 0.387 e. The monoisotopic (exact) mass is 274 g/mol. The van der Waals surface area contributed by atoms with Gasteiger partial charge in [-0.1, -0.05) is 36.8 Å². The molecule has 20 heavy (non-hydrogen) atoms. The Balaban J connectivity index is 1.63. The van der Waals surface area contributed by atoms with Crippen molar-refractivity contribution in [2.45, 2.75) is 20.0 Å². The topological polar surface area (TPSA) is 26.7 Å². The van der Waals surface area contributed by atoms with Crippen LogP contribution >= 0.6 is 0 Å². The van der Waals surface area contributed by atoms with Crippen molar-refractivity contribution in [1.29, 1.82) is 0 Å². The molecule has 1 unspecified atom stereocenters. The maximum atomic E-state index is 10.5. The summed E-state index contributed by atoms with van der Waals surface area (Å²) in [4.78, 5) is 4.89. The van der Waals surface area contributed by atoms with Gasteiger partial charge in [0, 0.05) is 32.7 Å². The molecule has 0 bridgehead atoms. The highest BCUT2D eigenvalue weighted by Gasteiger charge is 2.48. The Morgan fingerprint density at radius 1 is 1.35 bits per heavy atom. The number of benzene rings is 1. The first-order valence-corrected chi connectivity index (χ1v) is 7.62. The van der Waals surface area contributed by atoms with Gasteiger partial charge in [0.1, 0.15) is 0 Å². The van der Waals surface area contributed by atoms with Crippen molar-refractivity contribution in [1.82, 2.24) is 9.80 Å². The first kappa shape index (κ1) is 14.1. The molecule has 1 aromatic carbocycles.